The van der Waals surface area contributed by atoms with Crippen LogP contribution in [0.5, 0.6) is 5.75 Å². The van der Waals surface area contributed by atoms with Crippen molar-refractivity contribution in [2.45, 2.75) is 6.92 Å². The first kappa shape index (κ1) is 10.5. The van der Waals surface area contributed by atoms with Crippen molar-refractivity contribution in [2.24, 2.45) is 0 Å². The highest BCUT2D eigenvalue weighted by Crippen LogP contribution is 2.28. The maximum absolute atomic E-state index is 11.7. The molecule has 0 radical (unpaired) electrons. The van der Waals surface area contributed by atoms with E-state index in [0.717, 1.165) is 5.56 Å². The molecule has 0 bridgehead atoms. The molecule has 0 amide bonds. The van der Waals surface area contributed by atoms with E-state index in [4.69, 9.17) is 14.8 Å². The van der Waals surface area contributed by atoms with Crippen molar-refractivity contribution in [1.82, 2.24) is 0 Å². The van der Waals surface area contributed by atoms with Crippen molar-refractivity contribution in [2.75, 3.05) is 5.23 Å². The molecule has 0 fully saturated rings. The third kappa shape index (κ3) is 1.50. The van der Waals surface area contributed by atoms with E-state index in [1.54, 1.807) is 13.0 Å². The van der Waals surface area contributed by atoms with Crippen LogP contribution < -0.4 is 16.0 Å². The average molecular weight is 222 g/mol. The second-order valence-electron chi connectivity index (χ2n) is 3.36. The predicted octanol–water partition coefficient (Wildman–Crippen LogP) is 0.760. The zero-order valence-corrected chi connectivity index (χ0v) is 8.30. The van der Waals surface area contributed by atoms with Crippen molar-refractivity contribution in [1.29, 1.82) is 0 Å². The normalized spacial score (nSPS) is 10.7. The molecular weight excluding hydrogens is 214 g/mol. The van der Waals surface area contributed by atoms with E-state index in [0.29, 0.717) is 0 Å². The summed E-state index contributed by atoms with van der Waals surface area (Å²) >= 11 is 0. The summed E-state index contributed by atoms with van der Waals surface area (Å²) < 4.78 is 4.80. The molecule has 0 saturated heterocycles. The van der Waals surface area contributed by atoms with Crippen molar-refractivity contribution < 1.29 is 19.9 Å². The number of anilines is 1. The van der Waals surface area contributed by atoms with E-state index in [-0.39, 0.29) is 11.0 Å². The molecule has 84 valence electrons. The van der Waals surface area contributed by atoms with Gasteiger partial charge in [0.1, 0.15) is 5.58 Å². The summed E-state index contributed by atoms with van der Waals surface area (Å²) in [5.41, 5.74) is -0.960. The first-order chi connectivity index (χ1) is 7.50. The molecule has 0 spiro atoms. The van der Waals surface area contributed by atoms with Crippen LogP contribution in [0, 0.1) is 6.92 Å². The van der Waals surface area contributed by atoms with Crippen molar-refractivity contribution in [3.63, 3.8) is 0 Å². The Kier molecular flexibility index (Phi) is 2.30. The first-order valence-electron chi connectivity index (χ1n) is 4.43. The fourth-order valence-corrected chi connectivity index (χ4v) is 1.44. The SMILES string of the molecule is Cc1ccc2c([O-])c(N(O)O)c(=O)oc2c1. The Labute approximate surface area is 89.5 Å². The van der Waals surface area contributed by atoms with Gasteiger partial charge in [-0.25, -0.2) is 4.79 Å². The maximum Gasteiger partial charge on any atom is 0.364 e. The second-order valence-corrected chi connectivity index (χ2v) is 3.36. The molecule has 0 unspecified atom stereocenters. The summed E-state index contributed by atoms with van der Waals surface area (Å²) in [6.45, 7) is 1.78. The van der Waals surface area contributed by atoms with Gasteiger partial charge in [-0.05, 0) is 18.6 Å². The molecule has 0 saturated carbocycles. The molecule has 0 aliphatic rings. The van der Waals surface area contributed by atoms with Crippen molar-refractivity contribution in [3.8, 4) is 5.75 Å². The fourth-order valence-electron chi connectivity index (χ4n) is 1.44. The number of benzene rings is 1. The molecule has 16 heavy (non-hydrogen) atoms. The van der Waals surface area contributed by atoms with Crippen LogP contribution in [0.2, 0.25) is 0 Å². The third-order valence-corrected chi connectivity index (χ3v) is 2.19. The van der Waals surface area contributed by atoms with Gasteiger partial charge in [0, 0.05) is 5.39 Å². The number of hydrogen-bond donors (Lipinski definition) is 2. The van der Waals surface area contributed by atoms with E-state index in [9.17, 15) is 9.90 Å². The molecule has 2 rings (SSSR count). The summed E-state index contributed by atoms with van der Waals surface area (Å²) in [5, 5.41) is 28.7. The lowest BCUT2D eigenvalue weighted by atomic mass is 10.1. The minimum atomic E-state index is -1.09. The Bertz CT molecular complexity index is 602. The minimum Gasteiger partial charge on any atom is -0.870 e. The molecule has 0 aliphatic carbocycles. The number of nitrogens with zero attached hydrogens (tertiary/aromatic N) is 1. The van der Waals surface area contributed by atoms with Gasteiger partial charge in [0.25, 0.3) is 0 Å². The Morgan fingerprint density at radius 1 is 1.38 bits per heavy atom. The van der Waals surface area contributed by atoms with Gasteiger partial charge in [-0.3, -0.25) is 10.4 Å². The van der Waals surface area contributed by atoms with Crippen LogP contribution in [0.3, 0.4) is 0 Å². The van der Waals surface area contributed by atoms with Crippen LogP contribution in [0.1, 0.15) is 5.56 Å². The second kappa shape index (κ2) is 3.51. The highest BCUT2D eigenvalue weighted by atomic mass is 16.8. The number of aryl methyl sites for hydroxylation is 1. The van der Waals surface area contributed by atoms with Gasteiger partial charge in [-0.2, -0.15) is 0 Å². The van der Waals surface area contributed by atoms with Gasteiger partial charge in [-0.15, -0.1) is 5.23 Å². The summed E-state index contributed by atoms with van der Waals surface area (Å²) in [5.74, 6) is -0.781. The Morgan fingerprint density at radius 3 is 2.69 bits per heavy atom. The Morgan fingerprint density at radius 2 is 2.06 bits per heavy atom. The molecular formula is C10H8NO5-. The van der Waals surface area contributed by atoms with Crippen molar-refractivity contribution in [3.05, 3.63) is 34.2 Å². The van der Waals surface area contributed by atoms with E-state index in [1.807, 2.05) is 0 Å². The molecule has 1 heterocycles. The molecule has 0 aliphatic heterocycles. The molecule has 6 heteroatoms. The first-order valence-corrected chi connectivity index (χ1v) is 4.43. The summed E-state index contributed by atoms with van der Waals surface area (Å²) in [6.07, 6.45) is 0. The molecule has 2 N–H and O–H groups in total. The summed E-state index contributed by atoms with van der Waals surface area (Å²) in [6, 6.07) is 4.65. The smallest absolute Gasteiger partial charge is 0.364 e. The number of rotatable bonds is 1. The highest BCUT2D eigenvalue weighted by Gasteiger charge is 2.12. The van der Waals surface area contributed by atoms with Crippen LogP contribution in [0.4, 0.5) is 5.69 Å². The summed E-state index contributed by atoms with van der Waals surface area (Å²) in [7, 11) is 0. The summed E-state index contributed by atoms with van der Waals surface area (Å²) in [4.78, 5) is 11.3. The van der Waals surface area contributed by atoms with Gasteiger partial charge in [-0.1, -0.05) is 17.9 Å². The highest BCUT2D eigenvalue weighted by molar-refractivity contribution is 5.87. The lowest BCUT2D eigenvalue weighted by Crippen LogP contribution is -2.21. The Balaban J connectivity index is 2.89. The minimum absolute atomic E-state index is 0.119. The monoisotopic (exact) mass is 222 g/mol. The molecule has 2 aromatic rings. The van der Waals surface area contributed by atoms with Crippen molar-refractivity contribution >= 4 is 16.7 Å². The van der Waals surface area contributed by atoms with Gasteiger partial charge < -0.3 is 9.52 Å². The number of fused-ring (bicyclic) bond motifs is 1. The van der Waals surface area contributed by atoms with Gasteiger partial charge in [0.2, 0.25) is 0 Å². The molecule has 0 atom stereocenters. The van der Waals surface area contributed by atoms with Crippen LogP contribution in [-0.2, 0) is 0 Å². The van der Waals surface area contributed by atoms with E-state index >= 15 is 0 Å². The van der Waals surface area contributed by atoms with E-state index < -0.39 is 22.3 Å². The average Bonchev–Trinajstić information content (AvgIpc) is 2.15. The van der Waals surface area contributed by atoms with Gasteiger partial charge in [0.15, 0.2) is 5.69 Å². The van der Waals surface area contributed by atoms with Crippen LogP contribution in [0.15, 0.2) is 27.4 Å². The van der Waals surface area contributed by atoms with Crippen LogP contribution in [0.25, 0.3) is 11.0 Å². The zero-order valence-electron chi connectivity index (χ0n) is 8.30. The molecule has 6 nitrogen and oxygen atoms in total. The van der Waals surface area contributed by atoms with Gasteiger partial charge >= 0.3 is 5.63 Å². The fraction of sp³-hybridized carbons (Fsp3) is 0.100. The number of hydrogen-bond acceptors (Lipinski definition) is 6. The quantitative estimate of drug-likeness (QED) is 0.546. The predicted molar refractivity (Wildman–Crippen MR) is 52.7 cm³/mol. The van der Waals surface area contributed by atoms with Crippen LogP contribution >= 0.6 is 0 Å². The topological polar surface area (TPSA) is 97.0 Å². The Hall–Kier alpha value is -2.05. The standard InChI is InChI=1S/C10H9NO5/c1-5-2-3-6-7(4-5)16-10(13)8(9(6)12)11(14)15/h2-4,12,14-15H,1H3/p-1. The zero-order chi connectivity index (χ0) is 11.9. The van der Waals surface area contributed by atoms with Crippen LogP contribution in [-0.4, -0.2) is 10.4 Å². The van der Waals surface area contributed by atoms with E-state index in [1.165, 1.54) is 12.1 Å². The van der Waals surface area contributed by atoms with E-state index in [2.05, 4.69) is 0 Å². The largest absolute Gasteiger partial charge is 0.870 e. The third-order valence-electron chi connectivity index (χ3n) is 2.19. The lowest BCUT2D eigenvalue weighted by Gasteiger charge is -2.17. The van der Waals surface area contributed by atoms with Gasteiger partial charge in [0.05, 0.1) is 0 Å². The lowest BCUT2D eigenvalue weighted by molar-refractivity contribution is -0.266. The maximum atomic E-state index is 11.7. The molecule has 1 aromatic heterocycles. The molecule has 1 aromatic carbocycles.